The van der Waals surface area contributed by atoms with Gasteiger partial charge in [-0.3, -0.25) is 0 Å². The highest BCUT2D eigenvalue weighted by Crippen LogP contribution is 2.54. The van der Waals surface area contributed by atoms with Crippen LogP contribution in [0.1, 0.15) is 42.2 Å². The monoisotopic (exact) mass is 254 g/mol. The number of benzene rings is 2. The molecule has 2 aliphatic rings. The minimum absolute atomic E-state index is 0.803. The molecule has 0 aliphatic heterocycles. The quantitative estimate of drug-likeness (QED) is 0.798. The molecule has 0 aromatic heterocycles. The molecule has 98 valence electrons. The number of hydrogen-bond acceptors (Lipinski definition) is 2. The second-order valence-electron chi connectivity index (χ2n) is 5.74. The first-order valence-electron chi connectivity index (χ1n) is 6.99. The SMILES string of the molecule is COc1cc2cc3c(cc2cc1OC)C1CCC3C1. The molecular weight excluding hydrogens is 236 g/mol. The third-order valence-electron chi connectivity index (χ3n) is 4.86. The summed E-state index contributed by atoms with van der Waals surface area (Å²) < 4.78 is 10.8. The van der Waals surface area contributed by atoms with Gasteiger partial charge in [-0.05, 0) is 65.1 Å². The summed E-state index contributed by atoms with van der Waals surface area (Å²) in [6.45, 7) is 0. The van der Waals surface area contributed by atoms with E-state index in [2.05, 4.69) is 24.3 Å². The van der Waals surface area contributed by atoms with E-state index in [9.17, 15) is 0 Å². The highest BCUT2D eigenvalue weighted by molar-refractivity contribution is 5.88. The van der Waals surface area contributed by atoms with Gasteiger partial charge in [0, 0.05) is 0 Å². The summed E-state index contributed by atoms with van der Waals surface area (Å²) in [6.07, 6.45) is 4.10. The van der Waals surface area contributed by atoms with E-state index < -0.39 is 0 Å². The van der Waals surface area contributed by atoms with E-state index in [4.69, 9.17) is 9.47 Å². The zero-order chi connectivity index (χ0) is 13.0. The third-order valence-corrected chi connectivity index (χ3v) is 4.86. The van der Waals surface area contributed by atoms with Crippen LogP contribution in [0.4, 0.5) is 0 Å². The van der Waals surface area contributed by atoms with E-state index in [0.29, 0.717) is 0 Å². The van der Waals surface area contributed by atoms with Crippen molar-refractivity contribution in [2.75, 3.05) is 14.2 Å². The lowest BCUT2D eigenvalue weighted by atomic mass is 9.89. The van der Waals surface area contributed by atoms with Gasteiger partial charge in [0.15, 0.2) is 11.5 Å². The van der Waals surface area contributed by atoms with Crippen molar-refractivity contribution in [3.05, 3.63) is 35.4 Å². The molecule has 2 aliphatic carbocycles. The van der Waals surface area contributed by atoms with Gasteiger partial charge in [0.2, 0.25) is 0 Å². The van der Waals surface area contributed by atoms with Crippen molar-refractivity contribution in [1.29, 1.82) is 0 Å². The molecule has 0 spiro atoms. The molecule has 0 N–H and O–H groups in total. The van der Waals surface area contributed by atoms with E-state index in [1.165, 1.54) is 30.0 Å². The predicted octanol–water partition coefficient (Wildman–Crippen LogP) is 4.22. The van der Waals surface area contributed by atoms with Crippen molar-refractivity contribution in [3.63, 3.8) is 0 Å². The van der Waals surface area contributed by atoms with Crippen molar-refractivity contribution in [1.82, 2.24) is 0 Å². The zero-order valence-electron chi connectivity index (χ0n) is 11.4. The number of ether oxygens (including phenoxy) is 2. The summed E-state index contributed by atoms with van der Waals surface area (Å²) in [7, 11) is 3.39. The fourth-order valence-corrected chi connectivity index (χ4v) is 3.92. The Morgan fingerprint density at radius 2 is 1.26 bits per heavy atom. The maximum absolute atomic E-state index is 5.40. The normalized spacial score (nSPS) is 23.7. The summed E-state index contributed by atoms with van der Waals surface area (Å²) >= 11 is 0. The molecule has 4 rings (SSSR count). The first kappa shape index (κ1) is 11.2. The Labute approximate surface area is 113 Å². The van der Waals surface area contributed by atoms with Crippen LogP contribution < -0.4 is 9.47 Å². The van der Waals surface area contributed by atoms with Crippen LogP contribution in [0.15, 0.2) is 24.3 Å². The summed E-state index contributed by atoms with van der Waals surface area (Å²) in [4.78, 5) is 0. The lowest BCUT2D eigenvalue weighted by molar-refractivity contribution is 0.356. The topological polar surface area (TPSA) is 18.5 Å². The maximum Gasteiger partial charge on any atom is 0.161 e. The Kier molecular flexibility index (Phi) is 2.29. The van der Waals surface area contributed by atoms with Crippen molar-refractivity contribution in [3.8, 4) is 11.5 Å². The van der Waals surface area contributed by atoms with Gasteiger partial charge in [-0.2, -0.15) is 0 Å². The van der Waals surface area contributed by atoms with Crippen LogP contribution in [0, 0.1) is 0 Å². The highest BCUT2D eigenvalue weighted by atomic mass is 16.5. The minimum Gasteiger partial charge on any atom is -0.493 e. The molecular formula is C17H18O2. The van der Waals surface area contributed by atoms with Gasteiger partial charge >= 0.3 is 0 Å². The Morgan fingerprint density at radius 1 is 0.789 bits per heavy atom. The lowest BCUT2D eigenvalue weighted by Crippen LogP contribution is -1.98. The summed E-state index contributed by atoms with van der Waals surface area (Å²) in [5.74, 6) is 3.24. The van der Waals surface area contributed by atoms with Crippen LogP contribution in [0.3, 0.4) is 0 Å². The van der Waals surface area contributed by atoms with Crippen LogP contribution >= 0.6 is 0 Å². The van der Waals surface area contributed by atoms with Gasteiger partial charge in [-0.15, -0.1) is 0 Å². The van der Waals surface area contributed by atoms with Gasteiger partial charge in [-0.1, -0.05) is 12.1 Å². The Hall–Kier alpha value is -1.70. The van der Waals surface area contributed by atoms with E-state index in [1.54, 1.807) is 25.3 Å². The van der Waals surface area contributed by atoms with Crippen molar-refractivity contribution >= 4 is 10.8 Å². The molecule has 0 heterocycles. The second kappa shape index (κ2) is 3.89. The number of fused-ring (bicyclic) bond motifs is 6. The average molecular weight is 254 g/mol. The zero-order valence-corrected chi connectivity index (χ0v) is 11.4. The number of methoxy groups -OCH3 is 2. The molecule has 2 aromatic rings. The second-order valence-corrected chi connectivity index (χ2v) is 5.74. The standard InChI is InChI=1S/C17H18O2/c1-18-16-8-12-6-14-10-3-4-11(5-10)15(14)7-13(12)9-17(16)19-2/h6-11H,3-5H2,1-2H3. The molecule has 1 saturated carbocycles. The molecule has 2 bridgehead atoms. The summed E-state index contributed by atoms with van der Waals surface area (Å²) in [5, 5.41) is 2.54. The first-order valence-corrected chi connectivity index (χ1v) is 6.99. The molecule has 2 heteroatoms. The smallest absolute Gasteiger partial charge is 0.161 e. The van der Waals surface area contributed by atoms with Gasteiger partial charge < -0.3 is 9.47 Å². The van der Waals surface area contributed by atoms with Crippen LogP contribution in [0.2, 0.25) is 0 Å². The van der Waals surface area contributed by atoms with Crippen molar-refractivity contribution in [2.45, 2.75) is 31.1 Å². The molecule has 19 heavy (non-hydrogen) atoms. The molecule has 2 unspecified atom stereocenters. The highest BCUT2D eigenvalue weighted by Gasteiger charge is 2.36. The molecule has 0 radical (unpaired) electrons. The van der Waals surface area contributed by atoms with Gasteiger partial charge in [0.25, 0.3) is 0 Å². The fourth-order valence-electron chi connectivity index (χ4n) is 3.92. The Balaban J connectivity index is 1.96. The molecule has 2 atom stereocenters. The van der Waals surface area contributed by atoms with E-state index in [1.807, 2.05) is 0 Å². The molecule has 2 aromatic carbocycles. The van der Waals surface area contributed by atoms with Gasteiger partial charge in [0.1, 0.15) is 0 Å². The maximum atomic E-state index is 5.40. The first-order chi connectivity index (χ1) is 9.30. The lowest BCUT2D eigenvalue weighted by Gasteiger charge is -2.17. The van der Waals surface area contributed by atoms with Gasteiger partial charge in [-0.25, -0.2) is 0 Å². The van der Waals surface area contributed by atoms with Crippen molar-refractivity contribution in [2.24, 2.45) is 0 Å². The molecule has 1 fully saturated rings. The van der Waals surface area contributed by atoms with E-state index >= 15 is 0 Å². The van der Waals surface area contributed by atoms with Crippen LogP contribution in [-0.4, -0.2) is 14.2 Å². The number of hydrogen-bond donors (Lipinski definition) is 0. The van der Waals surface area contributed by atoms with Crippen molar-refractivity contribution < 1.29 is 9.47 Å². The molecule has 2 nitrogen and oxygen atoms in total. The fraction of sp³-hybridized carbons (Fsp3) is 0.412. The third kappa shape index (κ3) is 1.49. The summed E-state index contributed by atoms with van der Waals surface area (Å²) in [5.41, 5.74) is 3.16. The number of rotatable bonds is 2. The van der Waals surface area contributed by atoms with Gasteiger partial charge in [0.05, 0.1) is 14.2 Å². The minimum atomic E-state index is 0.803. The predicted molar refractivity (Wildman–Crippen MR) is 76.4 cm³/mol. The van der Waals surface area contributed by atoms with Crippen LogP contribution in [-0.2, 0) is 0 Å². The van der Waals surface area contributed by atoms with E-state index in [0.717, 1.165) is 23.3 Å². The molecule has 0 amide bonds. The van der Waals surface area contributed by atoms with E-state index in [-0.39, 0.29) is 0 Å². The van der Waals surface area contributed by atoms with Crippen LogP contribution in [0.5, 0.6) is 11.5 Å². The largest absolute Gasteiger partial charge is 0.493 e. The average Bonchev–Trinajstić information content (AvgIpc) is 3.05. The molecule has 0 saturated heterocycles. The van der Waals surface area contributed by atoms with Crippen LogP contribution in [0.25, 0.3) is 10.8 Å². The summed E-state index contributed by atoms with van der Waals surface area (Å²) in [6, 6.07) is 8.94. The Bertz CT molecular complexity index is 603. The Morgan fingerprint density at radius 3 is 1.68 bits per heavy atom.